The molecule has 0 N–H and O–H groups in total. The van der Waals surface area contributed by atoms with E-state index >= 15 is 0 Å². The lowest BCUT2D eigenvalue weighted by Crippen LogP contribution is -2.19. The van der Waals surface area contributed by atoms with Crippen molar-refractivity contribution in [1.29, 1.82) is 0 Å². The molecule has 0 saturated heterocycles. The van der Waals surface area contributed by atoms with Gasteiger partial charge in [0, 0.05) is 30.2 Å². The van der Waals surface area contributed by atoms with Crippen LogP contribution in [0.5, 0.6) is 11.5 Å². The molecule has 2 aromatic carbocycles. The van der Waals surface area contributed by atoms with Crippen LogP contribution >= 0.6 is 34.8 Å². The van der Waals surface area contributed by atoms with Crippen molar-refractivity contribution in [2.45, 2.75) is 33.1 Å². The van der Waals surface area contributed by atoms with Gasteiger partial charge < -0.3 is 14.2 Å². The fourth-order valence-corrected chi connectivity index (χ4v) is 3.58. The molecule has 0 saturated carbocycles. The van der Waals surface area contributed by atoms with E-state index in [0.717, 1.165) is 11.1 Å². The zero-order valence-corrected chi connectivity index (χ0v) is 20.6. The molecule has 6 heteroatoms. The second kappa shape index (κ2) is 11.5. The number of hydrogen-bond acceptors (Lipinski definition) is 3. The summed E-state index contributed by atoms with van der Waals surface area (Å²) >= 11 is 18.8. The van der Waals surface area contributed by atoms with E-state index in [1.165, 1.54) is 0 Å². The summed E-state index contributed by atoms with van der Waals surface area (Å²) in [6.07, 6.45) is 0. The average Bonchev–Trinajstić information content (AvgIpc) is 2.71. The second-order valence-corrected chi connectivity index (χ2v) is 9.48. The van der Waals surface area contributed by atoms with Crippen molar-refractivity contribution in [2.24, 2.45) is 11.8 Å². The first-order valence-electron chi connectivity index (χ1n) is 10.1. The van der Waals surface area contributed by atoms with Gasteiger partial charge in [-0.25, -0.2) is 0 Å². The predicted molar refractivity (Wildman–Crippen MR) is 127 cm³/mol. The van der Waals surface area contributed by atoms with Gasteiger partial charge in [0.05, 0.1) is 29.9 Å². The van der Waals surface area contributed by atoms with E-state index in [-0.39, 0.29) is 17.3 Å². The van der Waals surface area contributed by atoms with Crippen LogP contribution in [0.1, 0.15) is 38.8 Å². The Morgan fingerprint density at radius 1 is 0.800 bits per heavy atom. The normalized spacial score (nSPS) is 13.7. The Balaban J connectivity index is 2.16. The summed E-state index contributed by atoms with van der Waals surface area (Å²) in [4.78, 5) is 0. The SMILES string of the molecule is COC[C@@H](C)COc1ccc(C(C)(C)c2ccc(OC[C@H](C)CCl)c(Cl)c2)cc1Cl. The molecular weight excluding hydrogens is 443 g/mol. The third-order valence-electron chi connectivity index (χ3n) is 5.07. The molecule has 3 nitrogen and oxygen atoms in total. The number of ether oxygens (including phenoxy) is 3. The standard InChI is InChI=1S/C24H31Cl3O3/c1-16(12-25)14-29-22-8-6-18(10-20(22)26)24(3,4)19-7-9-23(21(27)11-19)30-15-17(2)13-28-5/h6-11,16-17H,12-15H2,1-5H3/t16-,17-/m1/s1. The van der Waals surface area contributed by atoms with E-state index in [1.807, 2.05) is 43.3 Å². The Kier molecular flexibility index (Phi) is 9.62. The molecule has 2 atom stereocenters. The first kappa shape index (κ1) is 25.1. The maximum Gasteiger partial charge on any atom is 0.137 e. The maximum absolute atomic E-state index is 6.51. The van der Waals surface area contributed by atoms with Crippen LogP contribution in [0.3, 0.4) is 0 Å². The van der Waals surface area contributed by atoms with Crippen molar-refractivity contribution in [3.8, 4) is 11.5 Å². The molecule has 0 radical (unpaired) electrons. The third-order valence-corrected chi connectivity index (χ3v) is 6.19. The average molecular weight is 474 g/mol. The van der Waals surface area contributed by atoms with Gasteiger partial charge in [-0.1, -0.05) is 63.0 Å². The molecule has 0 heterocycles. The summed E-state index contributed by atoms with van der Waals surface area (Å²) in [6.45, 7) is 10.1. The summed E-state index contributed by atoms with van der Waals surface area (Å²) in [5.74, 6) is 2.44. The van der Waals surface area contributed by atoms with E-state index in [1.54, 1.807) is 7.11 Å². The van der Waals surface area contributed by atoms with Crippen molar-refractivity contribution in [3.63, 3.8) is 0 Å². The van der Waals surface area contributed by atoms with Gasteiger partial charge in [0.1, 0.15) is 11.5 Å². The predicted octanol–water partition coefficient (Wildman–Crippen LogP) is 7.23. The minimum absolute atomic E-state index is 0.263. The van der Waals surface area contributed by atoms with Gasteiger partial charge in [0.25, 0.3) is 0 Å². The van der Waals surface area contributed by atoms with Crippen LogP contribution in [0.2, 0.25) is 10.0 Å². The Bertz CT molecular complexity index is 823. The maximum atomic E-state index is 6.51. The van der Waals surface area contributed by atoms with E-state index < -0.39 is 0 Å². The van der Waals surface area contributed by atoms with Gasteiger partial charge in [-0.05, 0) is 35.4 Å². The summed E-state index contributed by atoms with van der Waals surface area (Å²) in [5, 5.41) is 1.17. The van der Waals surface area contributed by atoms with Crippen LogP contribution in [0.4, 0.5) is 0 Å². The lowest BCUT2D eigenvalue weighted by Gasteiger charge is -2.27. The van der Waals surface area contributed by atoms with Gasteiger partial charge in [-0.3, -0.25) is 0 Å². The molecule has 30 heavy (non-hydrogen) atoms. The van der Waals surface area contributed by atoms with E-state index in [0.29, 0.717) is 47.2 Å². The molecule has 0 spiro atoms. The molecule has 0 aromatic heterocycles. The summed E-state index contributed by atoms with van der Waals surface area (Å²) < 4.78 is 16.8. The number of alkyl halides is 1. The number of benzene rings is 2. The Morgan fingerprint density at radius 2 is 1.27 bits per heavy atom. The zero-order chi connectivity index (χ0) is 22.3. The fourth-order valence-electron chi connectivity index (χ4n) is 3.02. The highest BCUT2D eigenvalue weighted by Crippen LogP contribution is 2.38. The molecule has 0 fully saturated rings. The Labute approximate surface area is 195 Å². The van der Waals surface area contributed by atoms with Crippen molar-refractivity contribution in [2.75, 3.05) is 32.8 Å². The fraction of sp³-hybridized carbons (Fsp3) is 0.500. The number of halogens is 3. The van der Waals surface area contributed by atoms with Gasteiger partial charge in [-0.2, -0.15) is 0 Å². The molecule has 166 valence electrons. The van der Waals surface area contributed by atoms with E-state index in [2.05, 4.69) is 20.8 Å². The van der Waals surface area contributed by atoms with Gasteiger partial charge in [0.15, 0.2) is 0 Å². The topological polar surface area (TPSA) is 27.7 Å². The van der Waals surface area contributed by atoms with Crippen LogP contribution in [-0.4, -0.2) is 32.8 Å². The number of rotatable bonds is 11. The van der Waals surface area contributed by atoms with Crippen molar-refractivity contribution in [1.82, 2.24) is 0 Å². The van der Waals surface area contributed by atoms with Crippen LogP contribution in [0.15, 0.2) is 36.4 Å². The summed E-state index contributed by atoms with van der Waals surface area (Å²) in [7, 11) is 1.69. The van der Waals surface area contributed by atoms with Crippen LogP contribution in [0, 0.1) is 11.8 Å². The van der Waals surface area contributed by atoms with Gasteiger partial charge in [-0.15, -0.1) is 11.6 Å². The smallest absolute Gasteiger partial charge is 0.137 e. The van der Waals surface area contributed by atoms with Crippen molar-refractivity contribution >= 4 is 34.8 Å². The first-order valence-corrected chi connectivity index (χ1v) is 11.4. The molecule has 0 aliphatic heterocycles. The number of hydrogen-bond donors (Lipinski definition) is 0. The molecule has 0 aliphatic rings. The van der Waals surface area contributed by atoms with Gasteiger partial charge >= 0.3 is 0 Å². The molecular formula is C24H31Cl3O3. The van der Waals surface area contributed by atoms with Gasteiger partial charge in [0.2, 0.25) is 0 Å². The molecule has 2 rings (SSSR count). The summed E-state index contributed by atoms with van der Waals surface area (Å²) in [5.41, 5.74) is 1.85. The lowest BCUT2D eigenvalue weighted by molar-refractivity contribution is 0.127. The van der Waals surface area contributed by atoms with E-state index in [4.69, 9.17) is 49.0 Å². The highest BCUT2D eigenvalue weighted by atomic mass is 35.5. The largest absolute Gasteiger partial charge is 0.492 e. The molecule has 0 unspecified atom stereocenters. The van der Waals surface area contributed by atoms with Crippen molar-refractivity contribution < 1.29 is 14.2 Å². The van der Waals surface area contributed by atoms with Crippen LogP contribution < -0.4 is 9.47 Å². The Hall–Kier alpha value is -1.13. The highest BCUT2D eigenvalue weighted by Gasteiger charge is 2.25. The lowest BCUT2D eigenvalue weighted by atomic mass is 9.78. The first-order chi connectivity index (χ1) is 14.2. The summed E-state index contributed by atoms with van der Waals surface area (Å²) in [6, 6.07) is 11.8. The quantitative estimate of drug-likeness (QED) is 0.322. The third kappa shape index (κ3) is 6.68. The molecule has 0 amide bonds. The van der Waals surface area contributed by atoms with Crippen LogP contribution in [-0.2, 0) is 10.2 Å². The van der Waals surface area contributed by atoms with Crippen LogP contribution in [0.25, 0.3) is 0 Å². The molecule has 0 bridgehead atoms. The van der Waals surface area contributed by atoms with Crippen molar-refractivity contribution in [3.05, 3.63) is 57.6 Å². The number of methoxy groups -OCH3 is 1. The monoisotopic (exact) mass is 472 g/mol. The Morgan fingerprint density at radius 3 is 1.67 bits per heavy atom. The highest BCUT2D eigenvalue weighted by molar-refractivity contribution is 6.32. The second-order valence-electron chi connectivity index (χ2n) is 8.36. The molecule has 2 aromatic rings. The van der Waals surface area contributed by atoms with E-state index in [9.17, 15) is 0 Å². The molecule has 0 aliphatic carbocycles. The zero-order valence-electron chi connectivity index (χ0n) is 18.3. The minimum atomic E-state index is -0.295. The minimum Gasteiger partial charge on any atom is -0.492 e.